The summed E-state index contributed by atoms with van der Waals surface area (Å²) >= 11 is 0. The normalized spacial score (nSPS) is 26.1. The molecular formula is C16H31N3O. The van der Waals surface area contributed by atoms with E-state index >= 15 is 0 Å². The molecule has 1 aliphatic heterocycles. The summed E-state index contributed by atoms with van der Waals surface area (Å²) in [6.07, 6.45) is 8.96. The van der Waals surface area contributed by atoms with Gasteiger partial charge in [0.15, 0.2) is 0 Å². The van der Waals surface area contributed by atoms with Gasteiger partial charge in [0.25, 0.3) is 0 Å². The summed E-state index contributed by atoms with van der Waals surface area (Å²) in [5, 5.41) is 3.10. The van der Waals surface area contributed by atoms with Crippen LogP contribution in [0.25, 0.3) is 0 Å². The third-order valence-corrected chi connectivity index (χ3v) is 5.24. The fourth-order valence-corrected chi connectivity index (χ4v) is 3.71. The van der Waals surface area contributed by atoms with Gasteiger partial charge in [-0.25, -0.2) is 0 Å². The Morgan fingerprint density at radius 1 is 1.30 bits per heavy atom. The second-order valence-electron chi connectivity index (χ2n) is 6.96. The highest BCUT2D eigenvalue weighted by Crippen LogP contribution is 2.35. The highest BCUT2D eigenvalue weighted by Gasteiger charge is 2.39. The number of carbonyl (C=O) groups excluding carboxylic acids is 1. The van der Waals surface area contributed by atoms with Crippen LogP contribution < -0.4 is 11.1 Å². The fraction of sp³-hybridized carbons (Fsp3) is 0.938. The van der Waals surface area contributed by atoms with E-state index in [0.717, 1.165) is 12.5 Å². The summed E-state index contributed by atoms with van der Waals surface area (Å²) in [6.45, 7) is 7.26. The van der Waals surface area contributed by atoms with Crippen molar-refractivity contribution in [3.8, 4) is 0 Å². The second kappa shape index (κ2) is 6.90. The monoisotopic (exact) mass is 281 g/mol. The molecule has 0 unspecified atom stereocenters. The number of nitrogens with zero attached hydrogens (tertiary/aromatic N) is 1. The van der Waals surface area contributed by atoms with Gasteiger partial charge in [-0.2, -0.15) is 0 Å². The van der Waals surface area contributed by atoms with Crippen molar-refractivity contribution in [1.29, 1.82) is 0 Å². The van der Waals surface area contributed by atoms with Gasteiger partial charge in [0.1, 0.15) is 0 Å². The third kappa shape index (κ3) is 3.73. The Balaban J connectivity index is 1.99. The molecule has 2 rings (SSSR count). The van der Waals surface area contributed by atoms with E-state index in [4.69, 9.17) is 5.73 Å². The number of carbonyl (C=O) groups is 1. The number of nitrogens with one attached hydrogen (secondary N) is 1. The number of nitrogens with two attached hydrogens (primary N) is 1. The minimum absolute atomic E-state index is 0.0136. The molecule has 2 aliphatic rings. The lowest BCUT2D eigenvalue weighted by molar-refractivity contribution is -0.123. The molecule has 20 heavy (non-hydrogen) atoms. The van der Waals surface area contributed by atoms with Crippen LogP contribution in [0.4, 0.5) is 0 Å². The van der Waals surface area contributed by atoms with Crippen molar-refractivity contribution >= 4 is 5.91 Å². The van der Waals surface area contributed by atoms with Crippen LogP contribution >= 0.6 is 0 Å². The van der Waals surface area contributed by atoms with E-state index in [1.54, 1.807) is 6.92 Å². The zero-order valence-electron chi connectivity index (χ0n) is 13.2. The van der Waals surface area contributed by atoms with E-state index in [9.17, 15) is 4.79 Å². The number of hydrogen-bond acceptors (Lipinski definition) is 3. The van der Waals surface area contributed by atoms with E-state index < -0.39 is 6.04 Å². The predicted octanol–water partition coefficient (Wildman–Crippen LogP) is 1.88. The van der Waals surface area contributed by atoms with E-state index in [-0.39, 0.29) is 11.4 Å². The van der Waals surface area contributed by atoms with Gasteiger partial charge in [-0.15, -0.1) is 0 Å². The first-order chi connectivity index (χ1) is 9.53. The number of likely N-dealkylation sites (tertiary alicyclic amines) is 1. The standard InChI is InChI=1S/C16H31N3O/c1-13-6-10-19(11-7-13)16(8-4-3-5-9-16)12-18-15(20)14(2)17/h13-14H,3-12,17H2,1-2H3,(H,18,20)/t14-/m0/s1. The Hall–Kier alpha value is -0.610. The second-order valence-corrected chi connectivity index (χ2v) is 6.96. The largest absolute Gasteiger partial charge is 0.353 e. The fourth-order valence-electron chi connectivity index (χ4n) is 3.71. The summed E-state index contributed by atoms with van der Waals surface area (Å²) in [5.74, 6) is 0.839. The minimum atomic E-state index is -0.406. The van der Waals surface area contributed by atoms with Gasteiger partial charge in [0, 0.05) is 12.1 Å². The van der Waals surface area contributed by atoms with Crippen molar-refractivity contribution < 1.29 is 4.79 Å². The molecule has 1 heterocycles. The van der Waals surface area contributed by atoms with E-state index in [0.29, 0.717) is 0 Å². The first-order valence-corrected chi connectivity index (χ1v) is 8.32. The highest BCUT2D eigenvalue weighted by atomic mass is 16.2. The van der Waals surface area contributed by atoms with Gasteiger partial charge in [-0.05, 0) is 51.6 Å². The van der Waals surface area contributed by atoms with Crippen molar-refractivity contribution in [2.24, 2.45) is 11.7 Å². The molecule has 116 valence electrons. The maximum atomic E-state index is 11.8. The molecule has 0 aromatic carbocycles. The molecule has 4 nitrogen and oxygen atoms in total. The van der Waals surface area contributed by atoms with Gasteiger partial charge in [-0.3, -0.25) is 9.69 Å². The van der Waals surface area contributed by atoms with Crippen molar-refractivity contribution in [3.05, 3.63) is 0 Å². The molecule has 2 fully saturated rings. The zero-order valence-corrected chi connectivity index (χ0v) is 13.2. The van der Waals surface area contributed by atoms with Crippen LogP contribution in [0.3, 0.4) is 0 Å². The molecule has 4 heteroatoms. The van der Waals surface area contributed by atoms with Gasteiger partial charge in [0.05, 0.1) is 6.04 Å². The SMILES string of the molecule is CC1CCN(C2(CNC(=O)[C@H](C)N)CCCCC2)CC1. The number of amides is 1. The zero-order chi connectivity index (χ0) is 14.6. The van der Waals surface area contributed by atoms with Crippen molar-refractivity contribution in [2.45, 2.75) is 70.4 Å². The van der Waals surface area contributed by atoms with Crippen LogP contribution in [0.5, 0.6) is 0 Å². The Morgan fingerprint density at radius 3 is 2.45 bits per heavy atom. The summed E-state index contributed by atoms with van der Waals surface area (Å²) in [7, 11) is 0. The van der Waals surface area contributed by atoms with E-state index in [1.165, 1.54) is 58.0 Å². The van der Waals surface area contributed by atoms with Gasteiger partial charge in [0.2, 0.25) is 5.91 Å². The molecule has 1 saturated heterocycles. The maximum Gasteiger partial charge on any atom is 0.236 e. The van der Waals surface area contributed by atoms with Crippen molar-refractivity contribution in [3.63, 3.8) is 0 Å². The smallest absolute Gasteiger partial charge is 0.236 e. The average molecular weight is 281 g/mol. The molecule has 0 radical (unpaired) electrons. The van der Waals surface area contributed by atoms with Crippen LogP contribution in [0.15, 0.2) is 0 Å². The molecule has 1 aliphatic carbocycles. The lowest BCUT2D eigenvalue weighted by atomic mass is 9.78. The number of piperidine rings is 1. The summed E-state index contributed by atoms with van der Waals surface area (Å²) in [6, 6.07) is -0.406. The maximum absolute atomic E-state index is 11.8. The molecule has 0 bridgehead atoms. The number of hydrogen-bond donors (Lipinski definition) is 2. The van der Waals surface area contributed by atoms with Crippen LogP contribution in [-0.4, -0.2) is 42.0 Å². The topological polar surface area (TPSA) is 58.4 Å². The molecule has 0 spiro atoms. The minimum Gasteiger partial charge on any atom is -0.353 e. The van der Waals surface area contributed by atoms with Gasteiger partial charge >= 0.3 is 0 Å². The quantitative estimate of drug-likeness (QED) is 0.827. The van der Waals surface area contributed by atoms with Crippen LogP contribution in [0.1, 0.15) is 58.8 Å². The summed E-state index contributed by atoms with van der Waals surface area (Å²) in [4.78, 5) is 14.5. The molecule has 1 amide bonds. The summed E-state index contributed by atoms with van der Waals surface area (Å²) in [5.41, 5.74) is 5.86. The van der Waals surface area contributed by atoms with Gasteiger partial charge < -0.3 is 11.1 Å². The molecule has 0 aromatic rings. The molecular weight excluding hydrogens is 250 g/mol. The van der Waals surface area contributed by atoms with Crippen molar-refractivity contribution in [2.75, 3.05) is 19.6 Å². The Labute approximate surface area is 123 Å². The van der Waals surface area contributed by atoms with Crippen LogP contribution in [0, 0.1) is 5.92 Å². The van der Waals surface area contributed by atoms with Crippen LogP contribution in [0.2, 0.25) is 0 Å². The molecule has 1 atom stereocenters. The molecule has 1 saturated carbocycles. The van der Waals surface area contributed by atoms with Gasteiger partial charge in [-0.1, -0.05) is 26.2 Å². The summed E-state index contributed by atoms with van der Waals surface area (Å²) < 4.78 is 0. The lowest BCUT2D eigenvalue weighted by Gasteiger charge is -2.49. The highest BCUT2D eigenvalue weighted by molar-refractivity contribution is 5.81. The van der Waals surface area contributed by atoms with Crippen LogP contribution in [-0.2, 0) is 4.79 Å². The Bertz CT molecular complexity index is 316. The predicted molar refractivity (Wildman–Crippen MR) is 82.4 cm³/mol. The van der Waals surface area contributed by atoms with E-state index in [1.807, 2.05) is 0 Å². The molecule has 0 aromatic heterocycles. The first kappa shape index (κ1) is 15.8. The van der Waals surface area contributed by atoms with Crippen molar-refractivity contribution in [1.82, 2.24) is 10.2 Å². The Kier molecular flexibility index (Phi) is 5.44. The lowest BCUT2D eigenvalue weighted by Crippen LogP contribution is -2.59. The third-order valence-electron chi connectivity index (χ3n) is 5.24. The van der Waals surface area contributed by atoms with E-state index in [2.05, 4.69) is 17.1 Å². The first-order valence-electron chi connectivity index (χ1n) is 8.32. The number of rotatable bonds is 4. The Morgan fingerprint density at radius 2 is 1.90 bits per heavy atom. The molecule has 3 N–H and O–H groups in total. The average Bonchev–Trinajstić information content (AvgIpc) is 2.46.